The van der Waals surface area contributed by atoms with Crippen molar-refractivity contribution in [1.82, 2.24) is 4.90 Å². The van der Waals surface area contributed by atoms with E-state index in [1.54, 1.807) is 6.07 Å². The van der Waals surface area contributed by atoms with Crippen LogP contribution < -0.4 is 5.73 Å². The van der Waals surface area contributed by atoms with Gasteiger partial charge in [0.2, 0.25) is 5.78 Å². The van der Waals surface area contributed by atoms with Crippen molar-refractivity contribution in [2.75, 3.05) is 25.6 Å². The fourth-order valence-corrected chi connectivity index (χ4v) is 7.47. The van der Waals surface area contributed by atoms with Gasteiger partial charge < -0.3 is 36.0 Å². The zero-order valence-electron chi connectivity index (χ0n) is 23.1. The molecule has 0 saturated heterocycles. The van der Waals surface area contributed by atoms with E-state index in [0.29, 0.717) is 11.3 Å². The molecule has 4 rings (SSSR count). The van der Waals surface area contributed by atoms with Crippen LogP contribution in [0.5, 0.6) is 5.75 Å². The van der Waals surface area contributed by atoms with Crippen molar-refractivity contribution in [2.24, 2.45) is 17.6 Å². The van der Waals surface area contributed by atoms with Crippen molar-refractivity contribution in [1.29, 1.82) is 0 Å². The number of Topliss-reactive ketones (excluding diaryl/α,β-unsaturated/α-hetero) is 2. The highest BCUT2D eigenvalue weighted by Gasteiger charge is 2.69. The summed E-state index contributed by atoms with van der Waals surface area (Å²) in [5.41, 5.74) is 1.00. The summed E-state index contributed by atoms with van der Waals surface area (Å²) in [6, 6.07) is 2.86. The van der Waals surface area contributed by atoms with Crippen LogP contribution in [0.3, 0.4) is 0 Å². The first-order chi connectivity index (χ1) is 19.7. The van der Waals surface area contributed by atoms with Crippen LogP contribution in [0.2, 0.25) is 0 Å². The van der Waals surface area contributed by atoms with Gasteiger partial charge in [-0.1, -0.05) is 19.1 Å². The van der Waals surface area contributed by atoms with Gasteiger partial charge >= 0.3 is 11.9 Å². The van der Waals surface area contributed by atoms with Gasteiger partial charge in [-0.2, -0.15) is 11.8 Å². The number of phenols is 1. The number of aliphatic hydroxyl groups excluding tert-OH is 2. The van der Waals surface area contributed by atoms with Gasteiger partial charge in [-0.25, -0.2) is 0 Å². The second-order valence-electron chi connectivity index (χ2n) is 10.7. The van der Waals surface area contributed by atoms with Gasteiger partial charge in [0, 0.05) is 23.2 Å². The van der Waals surface area contributed by atoms with E-state index >= 15 is 0 Å². The minimum absolute atomic E-state index is 0.105. The van der Waals surface area contributed by atoms with Crippen molar-refractivity contribution < 1.29 is 54.2 Å². The van der Waals surface area contributed by atoms with Crippen molar-refractivity contribution in [3.05, 3.63) is 46.2 Å². The average Bonchev–Trinajstić information content (AvgIpc) is 2.88. The second-order valence-corrected chi connectivity index (χ2v) is 11.9. The molecule has 0 aliphatic heterocycles. The molecule has 3 aliphatic carbocycles. The zero-order valence-corrected chi connectivity index (χ0v) is 23.9. The summed E-state index contributed by atoms with van der Waals surface area (Å²) >= 11 is 1.47. The van der Waals surface area contributed by atoms with Gasteiger partial charge in [0.1, 0.15) is 35.4 Å². The van der Waals surface area contributed by atoms with Crippen molar-refractivity contribution in [3.8, 4) is 5.75 Å². The van der Waals surface area contributed by atoms with Crippen LogP contribution >= 0.6 is 11.8 Å². The monoisotopic (exact) mass is 604 g/mol. The lowest BCUT2D eigenvalue weighted by Gasteiger charge is -2.54. The molecule has 13 nitrogen and oxygen atoms in total. The number of carbonyl (C=O) groups is 5. The highest BCUT2D eigenvalue weighted by Crippen LogP contribution is 2.57. The number of nitrogens with two attached hydrogens (primary N) is 1. The molecule has 14 heteroatoms. The Morgan fingerprint density at radius 3 is 2.38 bits per heavy atom. The van der Waals surface area contributed by atoms with Gasteiger partial charge in [-0.3, -0.25) is 28.9 Å². The summed E-state index contributed by atoms with van der Waals surface area (Å²) in [6.45, 7) is 1.95. The van der Waals surface area contributed by atoms with Crippen molar-refractivity contribution in [3.63, 3.8) is 0 Å². The van der Waals surface area contributed by atoms with E-state index in [1.807, 2.05) is 6.92 Å². The first-order valence-corrected chi connectivity index (χ1v) is 14.3. The lowest BCUT2D eigenvalue weighted by Crippen LogP contribution is -2.71. The smallest absolute Gasteiger partial charge is 0.317 e. The number of primary amides is 1. The second kappa shape index (κ2) is 11.4. The lowest BCUT2D eigenvalue weighted by atomic mass is 9.54. The Kier molecular flexibility index (Phi) is 8.45. The number of hydrogen-bond donors (Lipinski definition) is 6. The van der Waals surface area contributed by atoms with E-state index in [9.17, 15) is 49.5 Å². The lowest BCUT2D eigenvalue weighted by molar-refractivity contribution is -0.186. The number of aromatic hydroxyl groups is 1. The van der Waals surface area contributed by atoms with Gasteiger partial charge in [0.25, 0.3) is 5.91 Å². The van der Waals surface area contributed by atoms with Gasteiger partial charge in [0.15, 0.2) is 11.4 Å². The third kappa shape index (κ3) is 4.72. The molecule has 1 aromatic carbocycles. The molecule has 1 amide bonds. The number of amides is 1. The van der Waals surface area contributed by atoms with E-state index in [-0.39, 0.29) is 17.1 Å². The fourth-order valence-electron chi connectivity index (χ4n) is 6.38. The molecule has 7 N–H and O–H groups in total. The van der Waals surface area contributed by atoms with E-state index in [0.717, 1.165) is 6.42 Å². The number of nitrogens with zero attached hydrogens (tertiary/aromatic N) is 1. The number of hydrogen-bond acceptors (Lipinski definition) is 12. The number of carbonyl (C=O) groups excluding carboxylic acids is 4. The number of ether oxygens (including phenoxy) is 1. The van der Waals surface area contributed by atoms with Crippen LogP contribution in [-0.4, -0.2) is 103 Å². The minimum Gasteiger partial charge on any atom is -0.508 e. The summed E-state index contributed by atoms with van der Waals surface area (Å²) in [7, 11) is 2.80. The Morgan fingerprint density at radius 1 is 1.14 bits per heavy atom. The van der Waals surface area contributed by atoms with E-state index < -0.39 is 94.0 Å². The van der Waals surface area contributed by atoms with Crippen LogP contribution in [0.1, 0.15) is 36.8 Å². The number of carboxylic acid groups (broad SMARTS) is 1. The molecule has 1 saturated carbocycles. The minimum atomic E-state index is -3.11. The maximum Gasteiger partial charge on any atom is 0.317 e. The predicted octanol–water partition coefficient (Wildman–Crippen LogP) is 0.645. The number of thioether (sulfide) groups is 1. The van der Waals surface area contributed by atoms with E-state index in [1.165, 1.54) is 42.9 Å². The average molecular weight is 605 g/mol. The van der Waals surface area contributed by atoms with Crippen LogP contribution in [0.25, 0.3) is 5.76 Å². The molecule has 1 fully saturated rings. The maximum absolute atomic E-state index is 14.3. The molecule has 226 valence electrons. The number of ketones is 2. The highest BCUT2D eigenvalue weighted by molar-refractivity contribution is 7.99. The number of likely N-dealkylation sites (N-methyl/N-ethyl adjacent to an activating group) is 1. The molecule has 42 heavy (non-hydrogen) atoms. The number of benzene rings is 1. The van der Waals surface area contributed by atoms with Gasteiger partial charge in [0.05, 0.1) is 17.5 Å². The molecule has 6 atom stereocenters. The maximum atomic E-state index is 14.3. The first-order valence-electron chi connectivity index (χ1n) is 13.2. The van der Waals surface area contributed by atoms with Crippen molar-refractivity contribution in [2.45, 2.75) is 43.4 Å². The quantitative estimate of drug-likeness (QED) is 0.0986. The number of aliphatic hydroxyl groups is 3. The molecular weight excluding hydrogens is 572 g/mol. The largest absolute Gasteiger partial charge is 0.508 e. The first kappa shape index (κ1) is 31.1. The molecule has 0 spiro atoms. The molecule has 1 aromatic rings. The van der Waals surface area contributed by atoms with Crippen LogP contribution in [-0.2, 0) is 28.7 Å². The number of rotatable bonds is 9. The third-order valence-electron chi connectivity index (χ3n) is 7.98. The molecule has 3 aliphatic rings. The predicted molar refractivity (Wildman–Crippen MR) is 148 cm³/mol. The molecule has 0 bridgehead atoms. The highest BCUT2D eigenvalue weighted by atomic mass is 32.2. The SMILES string of the molecule is CCCSC[C@H]1c2cccc(O)c2C(O)=C2C(=O)[C@]3(O)C(O)=C(C(N)=O)C(=O)[C@@H](N(C)C)[C@@H]3[C@@H](OC(=O)CC(=O)O)[C@@H]21. The molecule has 0 heterocycles. The van der Waals surface area contributed by atoms with Crippen LogP contribution in [0.4, 0.5) is 0 Å². The summed E-state index contributed by atoms with van der Waals surface area (Å²) in [4.78, 5) is 65.7. The number of phenolic OH excluding ortho intramolecular Hbond substituents is 1. The number of esters is 1. The Morgan fingerprint density at radius 2 is 1.81 bits per heavy atom. The Hall–Kier alpha value is -3.88. The van der Waals surface area contributed by atoms with E-state index in [4.69, 9.17) is 10.5 Å². The fraction of sp³-hybridized carbons (Fsp3) is 0.464. The van der Waals surface area contributed by atoms with Crippen molar-refractivity contribution >= 4 is 46.9 Å². The third-order valence-corrected chi connectivity index (χ3v) is 9.27. The Labute approximate surface area is 244 Å². The number of fused-ring (bicyclic) bond motifs is 3. The topological polar surface area (TPSA) is 225 Å². The van der Waals surface area contributed by atoms with Crippen LogP contribution in [0.15, 0.2) is 35.1 Å². The van der Waals surface area contributed by atoms with Gasteiger partial charge in [-0.15, -0.1) is 0 Å². The standard InChI is InChI=1S/C28H32N2O11S/c1-4-8-42-10-12-11-6-5-7-13(31)16(11)22(35)18-17(12)24(41-15(34)9-14(32)33)20-21(30(2)3)23(36)19(27(29)39)26(38)28(20,40)25(18)37/h5-7,12,17,20-21,24,31,35,38,40H,4,8-10H2,1-3H3,(H2,29,39)(H,32,33)/t12-,17+,20+,21-,24-,28-/m0/s1. The zero-order chi connectivity index (χ0) is 31.3. The Balaban J connectivity index is 2.09. The van der Waals surface area contributed by atoms with E-state index in [2.05, 4.69) is 0 Å². The summed E-state index contributed by atoms with van der Waals surface area (Å²) < 4.78 is 5.68. The summed E-state index contributed by atoms with van der Waals surface area (Å²) in [6.07, 6.45) is -1.99. The number of aliphatic carboxylic acids is 1. The number of carboxylic acids is 1. The van der Waals surface area contributed by atoms with Crippen LogP contribution in [0, 0.1) is 11.8 Å². The van der Waals surface area contributed by atoms with Gasteiger partial charge in [-0.05, 0) is 37.9 Å². The summed E-state index contributed by atoms with van der Waals surface area (Å²) in [5, 5.41) is 54.7. The molecule has 0 radical (unpaired) electrons. The summed E-state index contributed by atoms with van der Waals surface area (Å²) in [5.74, 6) is -11.9. The molecule has 0 unspecified atom stereocenters. The molecular formula is C28H32N2O11S. The molecule has 0 aromatic heterocycles. The Bertz CT molecular complexity index is 1430. The normalized spacial score (nSPS) is 28.7.